The zero-order chi connectivity index (χ0) is 17.2. The monoisotopic (exact) mass is 341 g/mol. The van der Waals surface area contributed by atoms with Crippen molar-refractivity contribution < 1.29 is 14.3 Å². The van der Waals surface area contributed by atoms with Gasteiger partial charge in [-0.05, 0) is 42.7 Å². The van der Waals surface area contributed by atoms with Crippen LogP contribution in [0.2, 0.25) is 5.02 Å². The summed E-state index contributed by atoms with van der Waals surface area (Å²) in [5.74, 6) is 0.383. The Morgan fingerprint density at radius 2 is 1.88 bits per heavy atom. The molecule has 0 saturated heterocycles. The average molecular weight is 342 g/mol. The number of hydrogen-bond acceptors (Lipinski definition) is 4. The number of halogens is 1. The first-order chi connectivity index (χ1) is 11.6. The zero-order valence-corrected chi connectivity index (χ0v) is 14.0. The minimum Gasteiger partial charge on any atom is -0.493 e. The fraction of sp³-hybridized carbons (Fsp3) is 0.263. The molecule has 2 aromatic rings. The van der Waals surface area contributed by atoms with E-state index in [1.54, 1.807) is 30.3 Å². The number of carbonyl (C=O) groups is 1. The van der Waals surface area contributed by atoms with Crippen molar-refractivity contribution >= 4 is 17.6 Å². The largest absolute Gasteiger partial charge is 0.493 e. The van der Waals surface area contributed by atoms with E-state index >= 15 is 0 Å². The van der Waals surface area contributed by atoms with E-state index in [1.807, 2.05) is 18.2 Å². The molecule has 0 heterocycles. The lowest BCUT2D eigenvalue weighted by atomic mass is 9.64. The minimum atomic E-state index is -0.635. The second-order valence-corrected chi connectivity index (χ2v) is 6.25. The number of nitrogens with zero attached hydrogens (tertiary/aromatic N) is 1. The van der Waals surface area contributed by atoms with Crippen LogP contribution in [0.5, 0.6) is 11.5 Å². The van der Waals surface area contributed by atoms with Crippen LogP contribution in [0.1, 0.15) is 30.4 Å². The SMILES string of the molecule is COc1cc(C#N)ccc1OC(=O)C1(c2ccc(Cl)cc2)CCC1. The van der Waals surface area contributed by atoms with Crippen LogP contribution in [0.25, 0.3) is 0 Å². The third kappa shape index (κ3) is 2.83. The molecule has 24 heavy (non-hydrogen) atoms. The highest BCUT2D eigenvalue weighted by atomic mass is 35.5. The van der Waals surface area contributed by atoms with Crippen molar-refractivity contribution in [2.24, 2.45) is 0 Å². The molecule has 0 aliphatic heterocycles. The summed E-state index contributed by atoms with van der Waals surface area (Å²) >= 11 is 5.94. The molecule has 1 saturated carbocycles. The summed E-state index contributed by atoms with van der Waals surface area (Å²) in [7, 11) is 1.48. The maximum atomic E-state index is 12.8. The molecule has 122 valence electrons. The number of rotatable bonds is 4. The number of hydrogen-bond donors (Lipinski definition) is 0. The molecule has 1 aliphatic rings. The lowest BCUT2D eigenvalue weighted by molar-refractivity contribution is -0.144. The van der Waals surface area contributed by atoms with Gasteiger partial charge in [0.15, 0.2) is 11.5 Å². The molecule has 0 spiro atoms. The second kappa shape index (κ2) is 6.54. The maximum Gasteiger partial charge on any atom is 0.322 e. The minimum absolute atomic E-state index is 0.306. The number of ether oxygens (including phenoxy) is 2. The lowest BCUT2D eigenvalue weighted by Crippen LogP contribution is -2.45. The van der Waals surface area contributed by atoms with Crippen LogP contribution < -0.4 is 9.47 Å². The van der Waals surface area contributed by atoms with Gasteiger partial charge in [0, 0.05) is 11.1 Å². The highest BCUT2D eigenvalue weighted by Crippen LogP contribution is 2.45. The van der Waals surface area contributed by atoms with Crippen molar-refractivity contribution in [1.82, 2.24) is 0 Å². The van der Waals surface area contributed by atoms with E-state index in [0.29, 0.717) is 22.1 Å². The summed E-state index contributed by atoms with van der Waals surface area (Å²) in [5.41, 5.74) is 0.724. The standard InChI is InChI=1S/C19H16ClNO3/c1-23-17-11-13(12-21)3-8-16(17)24-18(22)19(9-2-10-19)14-4-6-15(20)7-5-14/h3-8,11H,2,9-10H2,1H3. The van der Waals surface area contributed by atoms with Crippen LogP contribution in [0.4, 0.5) is 0 Å². The predicted molar refractivity (Wildman–Crippen MR) is 90.3 cm³/mol. The molecule has 2 aromatic carbocycles. The fourth-order valence-corrected chi connectivity index (χ4v) is 3.05. The Morgan fingerprint density at radius 3 is 2.42 bits per heavy atom. The normalized spacial score (nSPS) is 15.0. The molecular weight excluding hydrogens is 326 g/mol. The first-order valence-corrected chi connectivity index (χ1v) is 8.03. The van der Waals surface area contributed by atoms with Gasteiger partial charge in [0.25, 0.3) is 0 Å². The number of benzene rings is 2. The van der Waals surface area contributed by atoms with Crippen molar-refractivity contribution in [2.45, 2.75) is 24.7 Å². The molecule has 0 amide bonds. The smallest absolute Gasteiger partial charge is 0.322 e. The highest BCUT2D eigenvalue weighted by Gasteiger charge is 2.47. The quantitative estimate of drug-likeness (QED) is 0.616. The van der Waals surface area contributed by atoms with E-state index in [4.69, 9.17) is 26.3 Å². The fourth-order valence-electron chi connectivity index (χ4n) is 2.93. The van der Waals surface area contributed by atoms with Crippen molar-refractivity contribution in [2.75, 3.05) is 7.11 Å². The second-order valence-electron chi connectivity index (χ2n) is 5.81. The Bertz CT molecular complexity index is 804. The van der Waals surface area contributed by atoms with Crippen molar-refractivity contribution in [1.29, 1.82) is 5.26 Å². The van der Waals surface area contributed by atoms with Gasteiger partial charge in [0.2, 0.25) is 0 Å². The number of nitriles is 1. The molecule has 5 heteroatoms. The van der Waals surface area contributed by atoms with E-state index in [9.17, 15) is 4.79 Å². The van der Waals surface area contributed by atoms with E-state index in [-0.39, 0.29) is 5.97 Å². The van der Waals surface area contributed by atoms with E-state index in [0.717, 1.165) is 24.8 Å². The third-order valence-electron chi connectivity index (χ3n) is 4.49. The van der Waals surface area contributed by atoms with Gasteiger partial charge in [-0.2, -0.15) is 5.26 Å². The van der Waals surface area contributed by atoms with E-state index in [1.165, 1.54) is 7.11 Å². The maximum absolute atomic E-state index is 12.8. The first-order valence-electron chi connectivity index (χ1n) is 7.65. The van der Waals surface area contributed by atoms with Crippen LogP contribution >= 0.6 is 11.6 Å². The summed E-state index contributed by atoms with van der Waals surface area (Å²) in [4.78, 5) is 12.8. The van der Waals surface area contributed by atoms with E-state index in [2.05, 4.69) is 0 Å². The Labute approximate surface area is 145 Å². The molecule has 0 radical (unpaired) electrons. The summed E-state index contributed by atoms with van der Waals surface area (Å²) in [5, 5.41) is 9.59. The topological polar surface area (TPSA) is 59.3 Å². The van der Waals surface area contributed by atoms with Gasteiger partial charge in [-0.3, -0.25) is 4.79 Å². The van der Waals surface area contributed by atoms with Gasteiger partial charge < -0.3 is 9.47 Å². The molecule has 1 aliphatic carbocycles. The Morgan fingerprint density at radius 1 is 1.17 bits per heavy atom. The third-order valence-corrected chi connectivity index (χ3v) is 4.74. The van der Waals surface area contributed by atoms with Crippen LogP contribution in [0.3, 0.4) is 0 Å². The Balaban J connectivity index is 1.88. The van der Waals surface area contributed by atoms with Gasteiger partial charge in [0.05, 0.1) is 24.2 Å². The molecule has 0 aromatic heterocycles. The van der Waals surface area contributed by atoms with Crippen LogP contribution in [-0.2, 0) is 10.2 Å². The highest BCUT2D eigenvalue weighted by molar-refractivity contribution is 6.30. The Hall–Kier alpha value is -2.51. The molecule has 3 rings (SSSR count). The summed E-state index contributed by atoms with van der Waals surface area (Å²) < 4.78 is 10.9. The average Bonchev–Trinajstić information content (AvgIpc) is 2.56. The Kier molecular flexibility index (Phi) is 4.46. The van der Waals surface area contributed by atoms with Crippen LogP contribution in [0.15, 0.2) is 42.5 Å². The predicted octanol–water partition coefficient (Wildman–Crippen LogP) is 4.25. The molecule has 0 N–H and O–H groups in total. The van der Waals surface area contributed by atoms with Gasteiger partial charge in [-0.15, -0.1) is 0 Å². The lowest BCUT2D eigenvalue weighted by Gasteiger charge is -2.39. The van der Waals surface area contributed by atoms with Crippen LogP contribution in [-0.4, -0.2) is 13.1 Å². The molecule has 4 nitrogen and oxygen atoms in total. The van der Waals surface area contributed by atoms with Crippen molar-refractivity contribution in [3.8, 4) is 17.6 Å². The van der Waals surface area contributed by atoms with Gasteiger partial charge in [-0.1, -0.05) is 30.2 Å². The summed E-state index contributed by atoms with van der Waals surface area (Å²) in [6, 6.07) is 14.1. The number of carbonyl (C=O) groups excluding carboxylic acids is 1. The molecule has 0 atom stereocenters. The number of methoxy groups -OCH3 is 1. The zero-order valence-electron chi connectivity index (χ0n) is 13.2. The van der Waals surface area contributed by atoms with Gasteiger partial charge >= 0.3 is 5.97 Å². The van der Waals surface area contributed by atoms with Gasteiger partial charge in [0.1, 0.15) is 0 Å². The molecule has 0 unspecified atom stereocenters. The molecule has 1 fully saturated rings. The van der Waals surface area contributed by atoms with Crippen molar-refractivity contribution in [3.05, 3.63) is 58.6 Å². The molecule has 0 bridgehead atoms. The van der Waals surface area contributed by atoms with Crippen molar-refractivity contribution in [3.63, 3.8) is 0 Å². The molecular formula is C19H16ClNO3. The van der Waals surface area contributed by atoms with E-state index < -0.39 is 5.41 Å². The summed E-state index contributed by atoms with van der Waals surface area (Å²) in [6.45, 7) is 0. The number of esters is 1. The van der Waals surface area contributed by atoms with Gasteiger partial charge in [-0.25, -0.2) is 0 Å². The summed E-state index contributed by atoms with van der Waals surface area (Å²) in [6.07, 6.45) is 2.46. The van der Waals surface area contributed by atoms with Crippen LogP contribution in [0, 0.1) is 11.3 Å². The first kappa shape index (κ1) is 16.4.